The zero-order valence-corrected chi connectivity index (χ0v) is 24.0. The molecule has 7 nitrogen and oxygen atoms in total. The number of ether oxygens (including phenoxy) is 1. The third-order valence-electron chi connectivity index (χ3n) is 6.80. The van der Waals surface area contributed by atoms with Crippen LogP contribution in [-0.4, -0.2) is 34.5 Å². The van der Waals surface area contributed by atoms with E-state index in [1.807, 2.05) is 0 Å². The summed E-state index contributed by atoms with van der Waals surface area (Å²) in [6.45, 7) is 3.83. The van der Waals surface area contributed by atoms with Crippen LogP contribution >= 0.6 is 0 Å². The van der Waals surface area contributed by atoms with E-state index in [0.717, 1.165) is 24.3 Å². The highest BCUT2D eigenvalue weighted by atomic mass is 19.4. The minimum absolute atomic E-state index is 0.0558. The van der Waals surface area contributed by atoms with Crippen LogP contribution in [-0.2, 0) is 23.8 Å². The van der Waals surface area contributed by atoms with Crippen LogP contribution in [0.15, 0.2) is 89.0 Å². The first-order valence-electron chi connectivity index (χ1n) is 13.8. The molecule has 0 fully saturated rings. The lowest BCUT2D eigenvalue weighted by Gasteiger charge is -2.18. The van der Waals surface area contributed by atoms with Crippen molar-refractivity contribution in [1.82, 2.24) is 10.3 Å². The average Bonchev–Trinajstić information content (AvgIpc) is 3.37. The maximum atomic E-state index is 13.2. The molecule has 44 heavy (non-hydrogen) atoms. The number of oxazole rings is 1. The lowest BCUT2D eigenvalue weighted by Crippen LogP contribution is -2.38. The largest absolute Gasteiger partial charge is 0.493 e. The first kappa shape index (κ1) is 32.0. The number of carboxylic acid groups (broad SMARTS) is 1. The van der Waals surface area contributed by atoms with Gasteiger partial charge in [0.1, 0.15) is 23.4 Å². The van der Waals surface area contributed by atoms with Crippen LogP contribution in [0.3, 0.4) is 0 Å². The summed E-state index contributed by atoms with van der Waals surface area (Å²) in [7, 11) is 0. The van der Waals surface area contributed by atoms with Gasteiger partial charge in [-0.05, 0) is 67.4 Å². The summed E-state index contributed by atoms with van der Waals surface area (Å²) in [5.74, 6) is -0.411. The van der Waals surface area contributed by atoms with Gasteiger partial charge in [0.2, 0.25) is 5.89 Å². The van der Waals surface area contributed by atoms with Gasteiger partial charge in [-0.3, -0.25) is 4.79 Å². The Labute approximate surface area is 251 Å². The molecule has 0 aliphatic heterocycles. The Morgan fingerprint density at radius 2 is 1.68 bits per heavy atom. The van der Waals surface area contributed by atoms with E-state index in [4.69, 9.17) is 9.15 Å². The van der Waals surface area contributed by atoms with E-state index in [9.17, 15) is 32.3 Å². The van der Waals surface area contributed by atoms with Crippen molar-refractivity contribution in [2.45, 2.75) is 45.3 Å². The molecule has 11 heteroatoms. The summed E-state index contributed by atoms with van der Waals surface area (Å²) in [6.07, 6.45) is -2.43. The normalized spacial score (nSPS) is 12.5. The van der Waals surface area contributed by atoms with Gasteiger partial charge < -0.3 is 19.6 Å². The number of nitrogens with one attached hydrogen (secondary N) is 1. The number of rotatable bonds is 13. The summed E-state index contributed by atoms with van der Waals surface area (Å²) < 4.78 is 63.2. The average molecular weight is 611 g/mol. The van der Waals surface area contributed by atoms with Crippen LogP contribution in [0.25, 0.3) is 11.5 Å². The van der Waals surface area contributed by atoms with Gasteiger partial charge in [0.25, 0.3) is 0 Å². The van der Waals surface area contributed by atoms with Crippen molar-refractivity contribution >= 4 is 11.8 Å². The Hall–Kier alpha value is -4.93. The van der Waals surface area contributed by atoms with Gasteiger partial charge in [-0.15, -0.1) is 0 Å². The minimum atomic E-state index is -4.51. The summed E-state index contributed by atoms with van der Waals surface area (Å²) in [5.41, 5.74) is 1.62. The van der Waals surface area contributed by atoms with Gasteiger partial charge in [-0.2, -0.15) is 13.2 Å². The maximum absolute atomic E-state index is 13.2. The van der Waals surface area contributed by atoms with Crippen LogP contribution in [0, 0.1) is 12.7 Å². The van der Waals surface area contributed by atoms with Gasteiger partial charge >= 0.3 is 12.1 Å². The van der Waals surface area contributed by atoms with E-state index in [-0.39, 0.29) is 17.8 Å². The minimum Gasteiger partial charge on any atom is -0.493 e. The monoisotopic (exact) mass is 610 g/mol. The summed E-state index contributed by atoms with van der Waals surface area (Å²) in [6, 6.07) is 15.6. The van der Waals surface area contributed by atoms with Crippen molar-refractivity contribution < 1.29 is 41.4 Å². The third-order valence-corrected chi connectivity index (χ3v) is 6.80. The molecule has 4 aromatic rings. The first-order chi connectivity index (χ1) is 20.9. The molecule has 1 atom stereocenters. The molecule has 0 radical (unpaired) electrons. The highest BCUT2D eigenvalue weighted by Gasteiger charge is 2.30. The van der Waals surface area contributed by atoms with Gasteiger partial charge in [-0.1, -0.05) is 31.2 Å². The van der Waals surface area contributed by atoms with Crippen LogP contribution in [0.5, 0.6) is 5.75 Å². The number of nitrogens with zero attached hydrogens (tertiary/aromatic N) is 1. The zero-order valence-electron chi connectivity index (χ0n) is 24.0. The second-order valence-electron chi connectivity index (χ2n) is 9.97. The number of aromatic nitrogens is 1. The SMILES string of the molecule is CC/C(=C/C(=O)c1ccc(C(F)(F)F)cc1)NC(Cc1ccc(OCCc2nc(-c3ccc(F)cc3)oc2C)cc1)C(=O)O. The molecule has 0 spiro atoms. The third kappa shape index (κ3) is 8.56. The Balaban J connectivity index is 1.32. The predicted molar refractivity (Wildman–Crippen MR) is 155 cm³/mol. The number of benzene rings is 3. The quantitative estimate of drug-likeness (QED) is 0.0939. The van der Waals surface area contributed by atoms with E-state index >= 15 is 0 Å². The van der Waals surface area contributed by atoms with E-state index in [1.165, 1.54) is 18.2 Å². The number of halogens is 4. The standard InChI is InChI=1S/C33H30F4N2O5/c1-3-26(19-30(40)22-6-10-24(11-7-22)33(35,36)37)38-29(32(41)42)18-21-4-14-27(15-5-21)43-17-16-28-20(2)44-31(39-28)23-8-12-25(34)13-9-23/h4-15,19,29,38H,3,16-18H2,1-2H3,(H,41,42)/b26-19-. The molecule has 0 saturated heterocycles. The number of carbonyl (C=O) groups excluding carboxylic acids is 1. The van der Waals surface area contributed by atoms with Crippen molar-refractivity contribution in [3.05, 3.63) is 119 Å². The second kappa shape index (κ2) is 14.0. The zero-order chi connectivity index (χ0) is 31.9. The lowest BCUT2D eigenvalue weighted by atomic mass is 10.0. The molecule has 4 rings (SSSR count). The van der Waals surface area contributed by atoms with Crippen molar-refractivity contribution in [2.24, 2.45) is 0 Å². The van der Waals surface area contributed by atoms with Crippen LogP contribution in [0.4, 0.5) is 17.6 Å². The number of ketones is 1. The number of alkyl halides is 3. The Kier molecular flexibility index (Phi) is 10.2. The highest BCUT2D eigenvalue weighted by molar-refractivity contribution is 6.04. The molecule has 1 heterocycles. The molecule has 1 unspecified atom stereocenters. The fourth-order valence-electron chi connectivity index (χ4n) is 4.33. The molecule has 0 aliphatic carbocycles. The van der Waals surface area contributed by atoms with Crippen LogP contribution in [0.2, 0.25) is 0 Å². The highest BCUT2D eigenvalue weighted by Crippen LogP contribution is 2.29. The smallest absolute Gasteiger partial charge is 0.416 e. The number of aryl methyl sites for hydroxylation is 1. The maximum Gasteiger partial charge on any atom is 0.416 e. The van der Waals surface area contributed by atoms with Gasteiger partial charge in [0.05, 0.1) is 17.9 Å². The Bertz CT molecular complexity index is 1610. The van der Waals surface area contributed by atoms with Crippen LogP contribution in [0.1, 0.15) is 46.3 Å². The molecule has 3 aromatic carbocycles. The molecular weight excluding hydrogens is 580 g/mol. The number of allylic oxidation sites excluding steroid dienone is 2. The molecule has 2 N–H and O–H groups in total. The number of carbonyl (C=O) groups is 2. The molecule has 230 valence electrons. The number of carboxylic acids is 1. The van der Waals surface area contributed by atoms with E-state index in [0.29, 0.717) is 59.4 Å². The Morgan fingerprint density at radius 3 is 2.27 bits per heavy atom. The van der Waals surface area contributed by atoms with Crippen molar-refractivity contribution in [2.75, 3.05) is 6.61 Å². The Morgan fingerprint density at radius 1 is 1.02 bits per heavy atom. The van der Waals surface area contributed by atoms with Gasteiger partial charge in [0, 0.05) is 35.7 Å². The van der Waals surface area contributed by atoms with Crippen molar-refractivity contribution in [3.8, 4) is 17.2 Å². The summed E-state index contributed by atoms with van der Waals surface area (Å²) in [5, 5.41) is 12.7. The van der Waals surface area contributed by atoms with Crippen molar-refractivity contribution in [1.29, 1.82) is 0 Å². The molecule has 1 aromatic heterocycles. The second-order valence-corrected chi connectivity index (χ2v) is 9.97. The van der Waals surface area contributed by atoms with Gasteiger partial charge in [-0.25, -0.2) is 14.2 Å². The molecule has 0 amide bonds. The number of hydrogen-bond donors (Lipinski definition) is 2. The van der Waals surface area contributed by atoms with E-state index in [1.54, 1.807) is 50.2 Å². The van der Waals surface area contributed by atoms with Crippen molar-refractivity contribution in [3.63, 3.8) is 0 Å². The summed E-state index contributed by atoms with van der Waals surface area (Å²) >= 11 is 0. The predicted octanol–water partition coefficient (Wildman–Crippen LogP) is 7.19. The summed E-state index contributed by atoms with van der Waals surface area (Å²) in [4.78, 5) is 29.1. The number of hydrogen-bond acceptors (Lipinski definition) is 6. The van der Waals surface area contributed by atoms with Crippen LogP contribution < -0.4 is 10.1 Å². The molecule has 0 bridgehead atoms. The van der Waals surface area contributed by atoms with Gasteiger partial charge in [0.15, 0.2) is 5.78 Å². The van der Waals surface area contributed by atoms with E-state index in [2.05, 4.69) is 10.3 Å². The topological polar surface area (TPSA) is 102 Å². The fraction of sp³-hybridized carbons (Fsp3) is 0.242. The lowest BCUT2D eigenvalue weighted by molar-refractivity contribution is -0.139. The molecule has 0 aliphatic rings. The molecule has 0 saturated carbocycles. The molecular formula is C33H30F4N2O5. The first-order valence-corrected chi connectivity index (χ1v) is 13.8. The van der Waals surface area contributed by atoms with E-state index < -0.39 is 29.5 Å². The number of aliphatic carboxylic acids is 1. The fourth-order valence-corrected chi connectivity index (χ4v) is 4.33.